The van der Waals surface area contributed by atoms with Crippen LogP contribution >= 0.6 is 0 Å². The average Bonchev–Trinajstić information content (AvgIpc) is 2.82. The monoisotopic (exact) mass is 263 g/mol. The lowest BCUT2D eigenvalue weighted by molar-refractivity contribution is 0.0636. The van der Waals surface area contributed by atoms with Crippen molar-refractivity contribution in [2.75, 3.05) is 7.05 Å². The quantitative estimate of drug-likeness (QED) is 0.819. The molecular formula is C16H22FNO. The van der Waals surface area contributed by atoms with Gasteiger partial charge in [-0.3, -0.25) is 0 Å². The van der Waals surface area contributed by atoms with E-state index in [0.717, 1.165) is 17.5 Å². The van der Waals surface area contributed by atoms with Gasteiger partial charge in [-0.25, -0.2) is 4.39 Å². The molecule has 1 aliphatic rings. The first-order valence-electron chi connectivity index (χ1n) is 6.53. The number of fused-ring (bicyclic) bond motifs is 1. The van der Waals surface area contributed by atoms with Gasteiger partial charge in [0, 0.05) is 18.8 Å². The molecule has 1 unspecified atom stereocenters. The van der Waals surface area contributed by atoms with Crippen LogP contribution in [0.4, 0.5) is 4.39 Å². The minimum Gasteiger partial charge on any atom is -0.392 e. The van der Waals surface area contributed by atoms with Crippen LogP contribution < -0.4 is 5.32 Å². The summed E-state index contributed by atoms with van der Waals surface area (Å²) in [7, 11) is 1.69. The molecule has 0 amide bonds. The second-order valence-corrected chi connectivity index (χ2v) is 4.27. The SMILES string of the molecule is C=CC.CCC1OCc2c(/C(F)=C/NC)cccc21. The van der Waals surface area contributed by atoms with E-state index >= 15 is 0 Å². The van der Waals surface area contributed by atoms with Crippen molar-refractivity contribution in [3.63, 3.8) is 0 Å². The van der Waals surface area contributed by atoms with E-state index in [1.807, 2.05) is 19.1 Å². The van der Waals surface area contributed by atoms with Gasteiger partial charge in [-0.2, -0.15) is 0 Å². The summed E-state index contributed by atoms with van der Waals surface area (Å²) in [5, 5.41) is 2.70. The number of rotatable bonds is 3. The Kier molecular flexibility index (Phi) is 6.30. The van der Waals surface area contributed by atoms with Crippen LogP contribution in [-0.4, -0.2) is 7.05 Å². The zero-order valence-electron chi connectivity index (χ0n) is 11.9. The molecule has 0 aliphatic carbocycles. The Labute approximate surface area is 115 Å². The lowest BCUT2D eigenvalue weighted by Crippen LogP contribution is -1.97. The van der Waals surface area contributed by atoms with Crippen LogP contribution in [0.15, 0.2) is 37.1 Å². The molecular weight excluding hydrogens is 241 g/mol. The second kappa shape index (κ2) is 7.74. The van der Waals surface area contributed by atoms with E-state index in [1.165, 1.54) is 6.20 Å². The number of benzene rings is 1. The number of halogens is 1. The van der Waals surface area contributed by atoms with Gasteiger partial charge in [-0.1, -0.05) is 31.2 Å². The molecule has 1 aromatic carbocycles. The molecule has 0 radical (unpaired) electrons. The standard InChI is InChI=1S/C13H16FNO.C3H6/c1-3-13-10-6-4-5-9(11(10)8-16-13)12(14)7-15-2;1-3-2/h4-7,13,15H,3,8H2,1-2H3;3H,1H2,2H3/b12-7-;. The van der Waals surface area contributed by atoms with Gasteiger partial charge in [-0.15, -0.1) is 6.58 Å². The van der Waals surface area contributed by atoms with Crippen LogP contribution in [-0.2, 0) is 11.3 Å². The first kappa shape index (κ1) is 15.4. The van der Waals surface area contributed by atoms with Crippen molar-refractivity contribution in [2.24, 2.45) is 0 Å². The van der Waals surface area contributed by atoms with Crippen molar-refractivity contribution in [3.8, 4) is 0 Å². The molecule has 19 heavy (non-hydrogen) atoms. The highest BCUT2D eigenvalue weighted by Gasteiger charge is 2.24. The van der Waals surface area contributed by atoms with E-state index in [2.05, 4.69) is 18.8 Å². The number of allylic oxidation sites excluding steroid dienone is 1. The number of ether oxygens (including phenoxy) is 1. The highest BCUT2D eigenvalue weighted by Crippen LogP contribution is 2.36. The van der Waals surface area contributed by atoms with E-state index in [-0.39, 0.29) is 11.9 Å². The average molecular weight is 263 g/mol. The first-order chi connectivity index (χ1) is 9.19. The van der Waals surface area contributed by atoms with Crippen molar-refractivity contribution in [3.05, 3.63) is 53.7 Å². The van der Waals surface area contributed by atoms with Crippen molar-refractivity contribution in [1.82, 2.24) is 5.32 Å². The van der Waals surface area contributed by atoms with E-state index in [9.17, 15) is 4.39 Å². The Morgan fingerprint density at radius 1 is 1.58 bits per heavy atom. The maximum Gasteiger partial charge on any atom is 0.146 e. The molecule has 1 N–H and O–H groups in total. The van der Waals surface area contributed by atoms with Gasteiger partial charge in [-0.05, 0) is 24.5 Å². The smallest absolute Gasteiger partial charge is 0.146 e. The fourth-order valence-electron chi connectivity index (χ4n) is 2.11. The van der Waals surface area contributed by atoms with Crippen LogP contribution in [0.2, 0.25) is 0 Å². The minimum absolute atomic E-state index is 0.123. The Hall–Kier alpha value is -1.61. The van der Waals surface area contributed by atoms with Gasteiger partial charge in [0.05, 0.1) is 12.7 Å². The Morgan fingerprint density at radius 3 is 2.84 bits per heavy atom. The summed E-state index contributed by atoms with van der Waals surface area (Å²) in [6.45, 7) is 7.83. The summed E-state index contributed by atoms with van der Waals surface area (Å²) in [6.07, 6.45) is 4.17. The van der Waals surface area contributed by atoms with Gasteiger partial charge in [0.2, 0.25) is 0 Å². The zero-order chi connectivity index (χ0) is 14.3. The lowest BCUT2D eigenvalue weighted by atomic mass is 9.98. The fraction of sp³-hybridized carbons (Fsp3) is 0.375. The van der Waals surface area contributed by atoms with E-state index < -0.39 is 0 Å². The van der Waals surface area contributed by atoms with Gasteiger partial charge in [0.1, 0.15) is 5.83 Å². The molecule has 0 bridgehead atoms. The van der Waals surface area contributed by atoms with Gasteiger partial charge in [0.15, 0.2) is 0 Å². The van der Waals surface area contributed by atoms with Crippen LogP contribution in [0.3, 0.4) is 0 Å². The molecule has 1 aromatic rings. The summed E-state index contributed by atoms with van der Waals surface area (Å²) in [6, 6.07) is 5.70. The van der Waals surface area contributed by atoms with Crippen molar-refractivity contribution in [2.45, 2.75) is 33.0 Å². The normalized spacial score (nSPS) is 17.3. The molecule has 104 valence electrons. The predicted octanol–water partition coefficient (Wildman–Crippen LogP) is 4.35. The number of nitrogens with one attached hydrogen (secondary N) is 1. The fourth-order valence-corrected chi connectivity index (χ4v) is 2.11. The van der Waals surface area contributed by atoms with Crippen molar-refractivity contribution < 1.29 is 9.13 Å². The molecule has 1 atom stereocenters. The van der Waals surface area contributed by atoms with Gasteiger partial charge in [0.25, 0.3) is 0 Å². The molecule has 2 rings (SSSR count). The van der Waals surface area contributed by atoms with Crippen LogP contribution in [0.5, 0.6) is 0 Å². The molecule has 0 fully saturated rings. The lowest BCUT2D eigenvalue weighted by Gasteiger charge is -2.08. The van der Waals surface area contributed by atoms with Crippen LogP contribution in [0, 0.1) is 0 Å². The number of hydrogen-bond acceptors (Lipinski definition) is 2. The number of hydrogen-bond donors (Lipinski definition) is 1. The summed E-state index contributed by atoms with van der Waals surface area (Å²) < 4.78 is 19.4. The Morgan fingerprint density at radius 2 is 2.26 bits per heavy atom. The predicted molar refractivity (Wildman–Crippen MR) is 78.3 cm³/mol. The third-order valence-electron chi connectivity index (χ3n) is 2.89. The van der Waals surface area contributed by atoms with Crippen LogP contribution in [0.25, 0.3) is 5.83 Å². The van der Waals surface area contributed by atoms with Crippen molar-refractivity contribution in [1.29, 1.82) is 0 Å². The summed E-state index contributed by atoms with van der Waals surface area (Å²) in [5.41, 5.74) is 2.75. The molecule has 1 heterocycles. The zero-order valence-corrected chi connectivity index (χ0v) is 11.9. The molecule has 0 saturated carbocycles. The highest BCUT2D eigenvalue weighted by atomic mass is 19.1. The van der Waals surface area contributed by atoms with Gasteiger partial charge < -0.3 is 10.1 Å². The Bertz CT molecular complexity index is 454. The molecule has 1 aliphatic heterocycles. The van der Waals surface area contributed by atoms with Crippen LogP contribution in [0.1, 0.15) is 43.1 Å². The maximum atomic E-state index is 13.8. The largest absolute Gasteiger partial charge is 0.392 e. The highest BCUT2D eigenvalue weighted by molar-refractivity contribution is 5.64. The van der Waals surface area contributed by atoms with E-state index in [1.54, 1.807) is 19.2 Å². The summed E-state index contributed by atoms with van der Waals surface area (Å²) >= 11 is 0. The molecule has 0 spiro atoms. The summed E-state index contributed by atoms with van der Waals surface area (Å²) in [5.74, 6) is -0.236. The third kappa shape index (κ3) is 3.67. The molecule has 0 aromatic heterocycles. The van der Waals surface area contributed by atoms with E-state index in [4.69, 9.17) is 4.74 Å². The topological polar surface area (TPSA) is 21.3 Å². The second-order valence-electron chi connectivity index (χ2n) is 4.27. The van der Waals surface area contributed by atoms with Crippen molar-refractivity contribution >= 4 is 5.83 Å². The molecule has 0 saturated heterocycles. The minimum atomic E-state index is -0.236. The third-order valence-corrected chi connectivity index (χ3v) is 2.89. The maximum absolute atomic E-state index is 13.8. The Balaban J connectivity index is 0.000000550. The van der Waals surface area contributed by atoms with E-state index in [0.29, 0.717) is 12.2 Å². The molecule has 2 nitrogen and oxygen atoms in total. The molecule has 3 heteroatoms. The summed E-state index contributed by atoms with van der Waals surface area (Å²) in [4.78, 5) is 0. The first-order valence-corrected chi connectivity index (χ1v) is 6.53. The van der Waals surface area contributed by atoms with Gasteiger partial charge >= 0.3 is 0 Å².